The minimum atomic E-state index is -0.998. The van der Waals surface area contributed by atoms with Crippen molar-refractivity contribution in [3.05, 3.63) is 71.8 Å². The molecule has 2 aromatic carbocycles. The van der Waals surface area contributed by atoms with Crippen LogP contribution in [0.25, 0.3) is 0 Å². The van der Waals surface area contributed by atoms with Gasteiger partial charge in [-0.15, -0.1) is 0 Å². The summed E-state index contributed by atoms with van der Waals surface area (Å²) >= 11 is 0. The van der Waals surface area contributed by atoms with Crippen LogP contribution < -0.4 is 11.1 Å². The van der Waals surface area contributed by atoms with Crippen LogP contribution in [0, 0.1) is 0 Å². The molecule has 0 spiro atoms. The minimum absolute atomic E-state index is 0.259. The first-order chi connectivity index (χ1) is 10.2. The molecule has 0 radical (unpaired) electrons. The van der Waals surface area contributed by atoms with Gasteiger partial charge in [0.15, 0.2) is 6.23 Å². The second kappa shape index (κ2) is 7.21. The fourth-order valence-corrected chi connectivity index (χ4v) is 1.73. The summed E-state index contributed by atoms with van der Waals surface area (Å²) in [5, 5.41) is 2.49. The maximum absolute atomic E-state index is 11.6. The van der Waals surface area contributed by atoms with Crippen LogP contribution in [0.5, 0.6) is 0 Å². The highest BCUT2D eigenvalue weighted by Gasteiger charge is 2.19. The number of nitrogens with one attached hydrogen (secondary N) is 1. The molecular formula is C16H16N2O3. The third-order valence-electron chi connectivity index (χ3n) is 2.84. The summed E-state index contributed by atoms with van der Waals surface area (Å²) in [6.07, 6.45) is -0.957. The van der Waals surface area contributed by atoms with Crippen molar-refractivity contribution < 1.29 is 14.3 Å². The maximum atomic E-state index is 11.6. The quantitative estimate of drug-likeness (QED) is 0.506. The average molecular weight is 284 g/mol. The van der Waals surface area contributed by atoms with E-state index >= 15 is 0 Å². The van der Waals surface area contributed by atoms with E-state index in [1.54, 1.807) is 24.3 Å². The normalized spacial score (nSPS) is 11.5. The molecule has 3 N–H and O–H groups in total. The number of carbonyl (C=O) groups excluding carboxylic acids is 2. The van der Waals surface area contributed by atoms with Gasteiger partial charge >= 0.3 is 11.9 Å². The Bertz CT molecular complexity index is 599. The summed E-state index contributed by atoms with van der Waals surface area (Å²) in [7, 11) is 0. The Kier molecular flexibility index (Phi) is 5.06. The molecule has 1 amide bonds. The SMILES string of the molecule is NC(OC(=O)C(=O)NCc1ccccc1)c1ccccc1. The van der Waals surface area contributed by atoms with Crippen molar-refractivity contribution in [3.63, 3.8) is 0 Å². The van der Waals surface area contributed by atoms with E-state index in [-0.39, 0.29) is 6.54 Å². The second-order valence-corrected chi connectivity index (χ2v) is 4.40. The third-order valence-corrected chi connectivity index (χ3v) is 2.84. The molecule has 0 bridgehead atoms. The molecule has 2 aromatic rings. The molecule has 0 heterocycles. The van der Waals surface area contributed by atoms with Crippen LogP contribution in [-0.2, 0) is 20.9 Å². The number of carbonyl (C=O) groups is 2. The maximum Gasteiger partial charge on any atom is 0.398 e. The fraction of sp³-hybridized carbons (Fsp3) is 0.125. The van der Waals surface area contributed by atoms with Crippen LogP contribution >= 0.6 is 0 Å². The smallest absolute Gasteiger partial charge is 0.398 e. The van der Waals surface area contributed by atoms with Gasteiger partial charge in [-0.25, -0.2) is 4.79 Å². The van der Waals surface area contributed by atoms with E-state index in [0.29, 0.717) is 5.56 Å². The second-order valence-electron chi connectivity index (χ2n) is 4.40. The summed E-state index contributed by atoms with van der Waals surface area (Å²) in [6, 6.07) is 18.1. The Labute approximate surface area is 122 Å². The van der Waals surface area contributed by atoms with Crippen LogP contribution in [0.2, 0.25) is 0 Å². The van der Waals surface area contributed by atoms with Crippen molar-refractivity contribution in [1.82, 2.24) is 5.32 Å². The Morgan fingerprint density at radius 2 is 1.57 bits per heavy atom. The van der Waals surface area contributed by atoms with Crippen molar-refractivity contribution in [3.8, 4) is 0 Å². The van der Waals surface area contributed by atoms with Crippen LogP contribution in [-0.4, -0.2) is 11.9 Å². The van der Waals surface area contributed by atoms with Gasteiger partial charge in [-0.2, -0.15) is 0 Å². The highest BCUT2D eigenvalue weighted by atomic mass is 16.6. The van der Waals surface area contributed by atoms with Gasteiger partial charge in [0.25, 0.3) is 0 Å². The largest absolute Gasteiger partial charge is 0.435 e. The summed E-state index contributed by atoms with van der Waals surface area (Å²) in [4.78, 5) is 23.3. The van der Waals surface area contributed by atoms with E-state index in [9.17, 15) is 9.59 Å². The molecule has 1 unspecified atom stereocenters. The Morgan fingerprint density at radius 3 is 2.19 bits per heavy atom. The van der Waals surface area contributed by atoms with Gasteiger partial charge in [0.1, 0.15) is 0 Å². The lowest BCUT2D eigenvalue weighted by molar-refractivity contribution is -0.159. The Balaban J connectivity index is 1.84. The molecule has 0 saturated carbocycles. The van der Waals surface area contributed by atoms with Crippen molar-refractivity contribution >= 4 is 11.9 Å². The lowest BCUT2D eigenvalue weighted by Crippen LogP contribution is -2.34. The van der Waals surface area contributed by atoms with Crippen LogP contribution in [0.15, 0.2) is 60.7 Å². The van der Waals surface area contributed by atoms with E-state index in [2.05, 4.69) is 5.32 Å². The third kappa shape index (κ3) is 4.43. The van der Waals surface area contributed by atoms with Crippen LogP contribution in [0.1, 0.15) is 17.4 Å². The van der Waals surface area contributed by atoms with E-state index in [1.165, 1.54) is 0 Å². The van der Waals surface area contributed by atoms with Gasteiger partial charge in [-0.3, -0.25) is 10.5 Å². The summed E-state index contributed by atoms with van der Waals surface area (Å²) in [5.74, 6) is -1.81. The number of hydrogen-bond acceptors (Lipinski definition) is 4. The molecular weight excluding hydrogens is 268 g/mol. The molecule has 0 saturated heterocycles. The molecule has 21 heavy (non-hydrogen) atoms. The van der Waals surface area contributed by atoms with Gasteiger partial charge < -0.3 is 10.1 Å². The standard InChI is InChI=1S/C16H16N2O3/c17-14(13-9-5-2-6-10-13)21-16(20)15(19)18-11-12-7-3-1-4-8-12/h1-10,14H,11,17H2,(H,18,19). The Morgan fingerprint density at radius 1 is 1.00 bits per heavy atom. The molecule has 0 fully saturated rings. The van der Waals surface area contributed by atoms with Crippen molar-refractivity contribution in [1.29, 1.82) is 0 Å². The number of nitrogens with two attached hydrogens (primary N) is 1. The van der Waals surface area contributed by atoms with E-state index in [4.69, 9.17) is 10.5 Å². The van der Waals surface area contributed by atoms with Crippen LogP contribution in [0.4, 0.5) is 0 Å². The van der Waals surface area contributed by atoms with E-state index in [1.807, 2.05) is 36.4 Å². The zero-order valence-corrected chi connectivity index (χ0v) is 11.4. The van der Waals surface area contributed by atoms with E-state index < -0.39 is 18.1 Å². The van der Waals surface area contributed by atoms with Crippen molar-refractivity contribution in [2.24, 2.45) is 5.73 Å². The van der Waals surface area contributed by atoms with Gasteiger partial charge in [0.2, 0.25) is 0 Å². The van der Waals surface area contributed by atoms with Gasteiger partial charge in [0, 0.05) is 12.1 Å². The highest BCUT2D eigenvalue weighted by molar-refractivity contribution is 6.32. The number of hydrogen-bond donors (Lipinski definition) is 2. The van der Waals surface area contributed by atoms with Crippen molar-refractivity contribution in [2.45, 2.75) is 12.8 Å². The molecule has 0 aromatic heterocycles. The highest BCUT2D eigenvalue weighted by Crippen LogP contribution is 2.10. The first-order valence-electron chi connectivity index (χ1n) is 6.50. The lowest BCUT2D eigenvalue weighted by atomic mass is 10.2. The fourth-order valence-electron chi connectivity index (χ4n) is 1.73. The molecule has 0 aliphatic heterocycles. The Hall–Kier alpha value is -2.66. The molecule has 0 aliphatic carbocycles. The monoisotopic (exact) mass is 284 g/mol. The first-order valence-corrected chi connectivity index (χ1v) is 6.50. The number of amides is 1. The number of esters is 1. The summed E-state index contributed by atoms with van der Waals surface area (Å²) in [6.45, 7) is 0.259. The summed E-state index contributed by atoms with van der Waals surface area (Å²) < 4.78 is 4.91. The zero-order valence-electron chi connectivity index (χ0n) is 11.4. The molecule has 5 heteroatoms. The number of ether oxygens (including phenoxy) is 1. The van der Waals surface area contributed by atoms with E-state index in [0.717, 1.165) is 5.56 Å². The molecule has 2 rings (SSSR count). The lowest BCUT2D eigenvalue weighted by Gasteiger charge is -2.13. The van der Waals surface area contributed by atoms with Crippen molar-refractivity contribution in [2.75, 3.05) is 0 Å². The predicted octanol–water partition coefficient (Wildman–Crippen LogP) is 1.50. The van der Waals surface area contributed by atoms with Gasteiger partial charge in [0.05, 0.1) is 0 Å². The number of benzene rings is 2. The van der Waals surface area contributed by atoms with Gasteiger partial charge in [-0.1, -0.05) is 60.7 Å². The minimum Gasteiger partial charge on any atom is -0.435 e. The molecule has 1 atom stereocenters. The molecule has 5 nitrogen and oxygen atoms in total. The molecule has 108 valence electrons. The zero-order chi connectivity index (χ0) is 15.1. The van der Waals surface area contributed by atoms with Crippen LogP contribution in [0.3, 0.4) is 0 Å². The topological polar surface area (TPSA) is 81.4 Å². The summed E-state index contributed by atoms with van der Waals surface area (Å²) in [5.41, 5.74) is 7.24. The number of rotatable bonds is 4. The predicted molar refractivity (Wildman–Crippen MR) is 77.8 cm³/mol. The average Bonchev–Trinajstić information content (AvgIpc) is 2.54. The van der Waals surface area contributed by atoms with Gasteiger partial charge in [-0.05, 0) is 5.56 Å². The molecule has 0 aliphatic rings. The first kappa shape index (κ1) is 14.7.